The predicted molar refractivity (Wildman–Crippen MR) is 85.7 cm³/mol. The van der Waals surface area contributed by atoms with Crippen molar-refractivity contribution in [2.75, 3.05) is 4.72 Å². The zero-order valence-electron chi connectivity index (χ0n) is 12.7. The van der Waals surface area contributed by atoms with Gasteiger partial charge in [0.25, 0.3) is 15.9 Å². The Labute approximate surface area is 142 Å². The number of amides is 1. The van der Waals surface area contributed by atoms with Crippen LogP contribution >= 0.6 is 0 Å². The molecule has 0 aliphatic rings. The van der Waals surface area contributed by atoms with Gasteiger partial charge in [-0.2, -0.15) is 5.10 Å². The highest BCUT2D eigenvalue weighted by Gasteiger charge is 2.20. The summed E-state index contributed by atoms with van der Waals surface area (Å²) in [7, 11) is -3.99. The van der Waals surface area contributed by atoms with Gasteiger partial charge in [0.15, 0.2) is 0 Å². The number of carbonyl (C=O) groups is 1. The number of benzene rings is 1. The van der Waals surface area contributed by atoms with E-state index < -0.39 is 21.7 Å². The Morgan fingerprint density at radius 2 is 2.00 bits per heavy atom. The number of anilines is 1. The Morgan fingerprint density at radius 3 is 2.68 bits per heavy atom. The van der Waals surface area contributed by atoms with Crippen LogP contribution in [0.15, 0.2) is 58.2 Å². The van der Waals surface area contributed by atoms with Crippen LogP contribution in [0.25, 0.3) is 0 Å². The predicted octanol–water partition coefficient (Wildman–Crippen LogP) is 1.87. The smallest absolute Gasteiger partial charge is 0.271 e. The highest BCUT2D eigenvalue weighted by molar-refractivity contribution is 7.92. The SMILES string of the molecule is O=C(NCc1ccco1)c1[nH]ncc1NS(=O)(=O)c1ccc(F)cc1. The minimum absolute atomic E-state index is 0.0266. The average molecular weight is 364 g/mol. The summed E-state index contributed by atoms with van der Waals surface area (Å²) in [6, 6.07) is 7.66. The van der Waals surface area contributed by atoms with Crippen LogP contribution in [0, 0.1) is 5.82 Å². The largest absolute Gasteiger partial charge is 0.467 e. The molecule has 0 aliphatic heterocycles. The molecule has 0 radical (unpaired) electrons. The van der Waals surface area contributed by atoms with Gasteiger partial charge in [-0.05, 0) is 36.4 Å². The third-order valence-electron chi connectivity index (χ3n) is 3.24. The van der Waals surface area contributed by atoms with Crippen LogP contribution in [-0.2, 0) is 16.6 Å². The number of sulfonamides is 1. The molecule has 3 aromatic rings. The summed E-state index contributed by atoms with van der Waals surface area (Å²) in [4.78, 5) is 12.0. The fourth-order valence-electron chi connectivity index (χ4n) is 2.02. The van der Waals surface area contributed by atoms with Crippen molar-refractivity contribution in [3.8, 4) is 0 Å². The van der Waals surface area contributed by atoms with E-state index in [0.29, 0.717) is 5.76 Å². The molecule has 0 aliphatic carbocycles. The van der Waals surface area contributed by atoms with Crippen molar-refractivity contribution in [2.45, 2.75) is 11.4 Å². The van der Waals surface area contributed by atoms with E-state index in [0.717, 1.165) is 24.3 Å². The van der Waals surface area contributed by atoms with Crippen molar-refractivity contribution < 1.29 is 22.0 Å². The number of nitrogens with one attached hydrogen (secondary N) is 3. The average Bonchev–Trinajstić information content (AvgIpc) is 3.24. The lowest BCUT2D eigenvalue weighted by Gasteiger charge is -2.08. The third-order valence-corrected chi connectivity index (χ3v) is 4.62. The summed E-state index contributed by atoms with van der Waals surface area (Å²) in [6.45, 7) is 0.134. The van der Waals surface area contributed by atoms with Crippen molar-refractivity contribution in [3.05, 3.63) is 66.1 Å². The molecule has 8 nitrogen and oxygen atoms in total. The van der Waals surface area contributed by atoms with Crippen LogP contribution in [0.3, 0.4) is 0 Å². The monoisotopic (exact) mass is 364 g/mol. The van der Waals surface area contributed by atoms with Crippen LogP contribution in [0.5, 0.6) is 0 Å². The molecule has 130 valence electrons. The standard InChI is InChI=1S/C15H13FN4O4S/c16-10-3-5-12(6-4-10)25(22,23)20-13-9-18-19-14(13)15(21)17-8-11-2-1-7-24-11/h1-7,9,20H,8H2,(H,17,21)(H,18,19). The number of halogens is 1. The zero-order chi connectivity index (χ0) is 17.9. The molecule has 1 amide bonds. The Hall–Kier alpha value is -3.14. The van der Waals surface area contributed by atoms with Crippen molar-refractivity contribution in [1.82, 2.24) is 15.5 Å². The maximum absolute atomic E-state index is 12.9. The molecule has 0 saturated heterocycles. The van der Waals surface area contributed by atoms with Gasteiger partial charge in [0.05, 0.1) is 29.6 Å². The molecule has 3 rings (SSSR count). The molecular formula is C15H13FN4O4S. The second kappa shape index (κ2) is 6.77. The molecule has 0 bridgehead atoms. The first-order chi connectivity index (χ1) is 12.0. The molecule has 0 fully saturated rings. The number of H-pyrrole nitrogens is 1. The lowest BCUT2D eigenvalue weighted by molar-refractivity contribution is 0.0944. The number of aromatic amines is 1. The fraction of sp³-hybridized carbons (Fsp3) is 0.0667. The molecule has 10 heteroatoms. The van der Waals surface area contributed by atoms with Crippen molar-refractivity contribution in [1.29, 1.82) is 0 Å². The first-order valence-electron chi connectivity index (χ1n) is 7.08. The number of carbonyl (C=O) groups excluding carboxylic acids is 1. The van der Waals surface area contributed by atoms with Gasteiger partial charge in [-0.3, -0.25) is 14.6 Å². The summed E-state index contributed by atoms with van der Waals surface area (Å²) in [5.74, 6) is -0.577. The van der Waals surface area contributed by atoms with Gasteiger partial charge in [-0.15, -0.1) is 0 Å². The van der Waals surface area contributed by atoms with Crippen molar-refractivity contribution >= 4 is 21.6 Å². The van der Waals surface area contributed by atoms with Gasteiger partial charge >= 0.3 is 0 Å². The maximum atomic E-state index is 12.9. The maximum Gasteiger partial charge on any atom is 0.271 e. The quantitative estimate of drug-likeness (QED) is 0.617. The number of aromatic nitrogens is 2. The fourth-order valence-corrected chi connectivity index (χ4v) is 3.08. The van der Waals surface area contributed by atoms with Gasteiger partial charge in [-0.1, -0.05) is 0 Å². The summed E-state index contributed by atoms with van der Waals surface area (Å²) >= 11 is 0. The number of nitrogens with zero attached hydrogens (tertiary/aromatic N) is 1. The first-order valence-corrected chi connectivity index (χ1v) is 8.56. The Kier molecular flexibility index (Phi) is 4.52. The Balaban J connectivity index is 1.74. The second-order valence-electron chi connectivity index (χ2n) is 4.98. The number of rotatable bonds is 6. The molecule has 25 heavy (non-hydrogen) atoms. The normalized spacial score (nSPS) is 11.2. The summed E-state index contributed by atoms with van der Waals surface area (Å²) in [5.41, 5.74) is -0.0847. The molecular weight excluding hydrogens is 351 g/mol. The van der Waals surface area contributed by atoms with Crippen LogP contribution < -0.4 is 10.0 Å². The van der Waals surface area contributed by atoms with Gasteiger partial charge in [0, 0.05) is 0 Å². The van der Waals surface area contributed by atoms with E-state index in [9.17, 15) is 17.6 Å². The van der Waals surface area contributed by atoms with Crippen LogP contribution in [-0.4, -0.2) is 24.5 Å². The lowest BCUT2D eigenvalue weighted by Crippen LogP contribution is -2.24. The highest BCUT2D eigenvalue weighted by Crippen LogP contribution is 2.18. The van der Waals surface area contributed by atoms with Gasteiger partial charge in [0.2, 0.25) is 0 Å². The van der Waals surface area contributed by atoms with E-state index in [4.69, 9.17) is 4.42 Å². The van der Waals surface area contributed by atoms with E-state index in [1.165, 1.54) is 12.5 Å². The Bertz CT molecular complexity index is 965. The van der Waals surface area contributed by atoms with Crippen LogP contribution in [0.1, 0.15) is 16.2 Å². The van der Waals surface area contributed by atoms with Crippen molar-refractivity contribution in [3.63, 3.8) is 0 Å². The molecule has 2 aromatic heterocycles. The van der Waals surface area contributed by atoms with Crippen LogP contribution in [0.2, 0.25) is 0 Å². The van der Waals surface area contributed by atoms with Gasteiger partial charge in [0.1, 0.15) is 17.3 Å². The zero-order valence-corrected chi connectivity index (χ0v) is 13.5. The number of hydrogen-bond donors (Lipinski definition) is 3. The highest BCUT2D eigenvalue weighted by atomic mass is 32.2. The molecule has 0 atom stereocenters. The molecule has 3 N–H and O–H groups in total. The summed E-state index contributed by atoms with van der Waals surface area (Å²) < 4.78 is 44.9. The van der Waals surface area contributed by atoms with Gasteiger partial charge in [-0.25, -0.2) is 12.8 Å². The molecule has 2 heterocycles. The third kappa shape index (κ3) is 3.86. The molecule has 0 unspecified atom stereocenters. The van der Waals surface area contributed by atoms with E-state index in [1.54, 1.807) is 12.1 Å². The topological polar surface area (TPSA) is 117 Å². The van der Waals surface area contributed by atoms with E-state index in [1.807, 2.05) is 0 Å². The summed E-state index contributed by atoms with van der Waals surface area (Å²) in [6.07, 6.45) is 2.64. The van der Waals surface area contributed by atoms with E-state index in [2.05, 4.69) is 20.2 Å². The molecule has 1 aromatic carbocycles. The molecule has 0 saturated carbocycles. The Morgan fingerprint density at radius 1 is 1.24 bits per heavy atom. The van der Waals surface area contributed by atoms with E-state index in [-0.39, 0.29) is 22.8 Å². The summed E-state index contributed by atoms with van der Waals surface area (Å²) in [5, 5.41) is 8.70. The minimum Gasteiger partial charge on any atom is -0.467 e. The number of furan rings is 1. The first kappa shape index (κ1) is 16.7. The lowest BCUT2D eigenvalue weighted by atomic mass is 10.3. The van der Waals surface area contributed by atoms with E-state index >= 15 is 0 Å². The van der Waals surface area contributed by atoms with Crippen molar-refractivity contribution in [2.24, 2.45) is 0 Å². The van der Waals surface area contributed by atoms with Gasteiger partial charge < -0.3 is 9.73 Å². The minimum atomic E-state index is -3.99. The molecule has 0 spiro atoms. The number of hydrogen-bond acceptors (Lipinski definition) is 5. The second-order valence-corrected chi connectivity index (χ2v) is 6.66. The van der Waals surface area contributed by atoms with Crippen LogP contribution in [0.4, 0.5) is 10.1 Å².